The number of hydrogen-bond acceptors (Lipinski definition) is 8. The molecule has 0 fully saturated rings. The van der Waals surface area contributed by atoms with E-state index in [9.17, 15) is 8.42 Å². The van der Waals surface area contributed by atoms with E-state index in [0.29, 0.717) is 24.2 Å². The average molecular weight is 453 g/mol. The Morgan fingerprint density at radius 1 is 1.28 bits per heavy atom. The predicted octanol–water partition coefficient (Wildman–Crippen LogP) is 1.88. The van der Waals surface area contributed by atoms with E-state index in [1.165, 1.54) is 7.05 Å². The minimum absolute atomic E-state index is 0.0247. The van der Waals surface area contributed by atoms with Crippen molar-refractivity contribution >= 4 is 27.0 Å². The summed E-state index contributed by atoms with van der Waals surface area (Å²) in [6, 6.07) is 7.63. The van der Waals surface area contributed by atoms with E-state index in [1.54, 1.807) is 12.4 Å². The topological polar surface area (TPSA) is 124 Å². The van der Waals surface area contributed by atoms with Gasteiger partial charge in [-0.1, -0.05) is 6.07 Å². The number of hydrogen-bond donors (Lipinski definition) is 1. The summed E-state index contributed by atoms with van der Waals surface area (Å²) in [5, 5.41) is -0.770. The molecule has 0 saturated heterocycles. The number of aromatic nitrogens is 3. The summed E-state index contributed by atoms with van der Waals surface area (Å²) in [6.07, 6.45) is 4.29. The number of fused-ring (bicyclic) bond motifs is 4. The zero-order valence-corrected chi connectivity index (χ0v) is 18.9. The SMILES string of the molecule is Cc1cnc2c(Cc3ccc4c(c3)[C@@]3(C)N=C(N)N(C)S(=O)(=O)[C@H]3CCO4)nccc2n1. The molecule has 0 radical (unpaired) electrons. The van der Waals surface area contributed by atoms with Crippen molar-refractivity contribution in [3.8, 4) is 5.75 Å². The van der Waals surface area contributed by atoms with Crippen LogP contribution < -0.4 is 10.5 Å². The molecule has 2 aliphatic heterocycles. The van der Waals surface area contributed by atoms with E-state index >= 15 is 0 Å². The molecule has 4 heterocycles. The number of aliphatic imine (C=N–C) groups is 1. The second-order valence-corrected chi connectivity index (χ2v) is 10.5. The number of rotatable bonds is 2. The number of nitrogens with two attached hydrogens (primary N) is 1. The molecule has 2 N–H and O–H groups in total. The lowest BCUT2D eigenvalue weighted by Gasteiger charge is -2.40. The van der Waals surface area contributed by atoms with Gasteiger partial charge in [-0.25, -0.2) is 22.7 Å². The van der Waals surface area contributed by atoms with E-state index in [4.69, 9.17) is 10.5 Å². The van der Waals surface area contributed by atoms with Crippen molar-refractivity contribution in [2.75, 3.05) is 13.7 Å². The normalized spacial score (nSPS) is 24.2. The molecular weight excluding hydrogens is 428 g/mol. The first-order chi connectivity index (χ1) is 15.2. The van der Waals surface area contributed by atoms with Crippen LogP contribution >= 0.6 is 0 Å². The number of ether oxygens (including phenoxy) is 1. The number of sulfonamides is 1. The van der Waals surface area contributed by atoms with Crippen LogP contribution in [-0.4, -0.2) is 52.5 Å². The number of aryl methyl sites for hydroxylation is 1. The third-order valence-electron chi connectivity index (χ3n) is 6.29. The lowest BCUT2D eigenvalue weighted by atomic mass is 9.86. The van der Waals surface area contributed by atoms with Crippen LogP contribution in [0.5, 0.6) is 5.75 Å². The summed E-state index contributed by atoms with van der Waals surface area (Å²) >= 11 is 0. The standard InChI is InChI=1S/C22H24N6O3S/c1-13-12-25-20-16(26-13)6-8-24-17(20)11-14-4-5-18-15(10-14)22(2)19(7-9-31-18)32(29,30)28(3)21(23)27-22/h4-6,8,10,12,19H,7,9,11H2,1-3H3,(H2,23,27)/t19-,22+/m0/s1. The van der Waals surface area contributed by atoms with Gasteiger partial charge < -0.3 is 10.5 Å². The second-order valence-electron chi connectivity index (χ2n) is 8.40. The van der Waals surface area contributed by atoms with Crippen molar-refractivity contribution in [2.45, 2.75) is 37.5 Å². The number of nitrogens with zero attached hydrogens (tertiary/aromatic N) is 5. The Kier molecular flexibility index (Phi) is 4.59. The molecule has 2 atom stereocenters. The first-order valence-electron chi connectivity index (χ1n) is 10.4. The van der Waals surface area contributed by atoms with Gasteiger partial charge in [0.2, 0.25) is 16.0 Å². The molecule has 0 amide bonds. The van der Waals surface area contributed by atoms with E-state index < -0.39 is 20.8 Å². The Morgan fingerprint density at radius 3 is 2.91 bits per heavy atom. The highest BCUT2D eigenvalue weighted by Crippen LogP contribution is 2.45. The van der Waals surface area contributed by atoms with E-state index in [1.807, 2.05) is 38.1 Å². The van der Waals surface area contributed by atoms with Crippen molar-refractivity contribution < 1.29 is 13.2 Å². The minimum atomic E-state index is -3.67. The van der Waals surface area contributed by atoms with Gasteiger partial charge in [0.05, 0.1) is 23.5 Å². The van der Waals surface area contributed by atoms with Gasteiger partial charge in [-0.05, 0) is 37.6 Å². The third kappa shape index (κ3) is 3.09. The fraction of sp³-hybridized carbons (Fsp3) is 0.364. The van der Waals surface area contributed by atoms with Gasteiger partial charge in [0.25, 0.3) is 0 Å². The Morgan fingerprint density at radius 2 is 2.09 bits per heavy atom. The molecule has 0 unspecified atom stereocenters. The van der Waals surface area contributed by atoms with Crippen LogP contribution in [0.3, 0.4) is 0 Å². The van der Waals surface area contributed by atoms with Gasteiger partial charge in [0, 0.05) is 37.8 Å². The summed E-state index contributed by atoms with van der Waals surface area (Å²) in [5.41, 5.74) is 9.80. The summed E-state index contributed by atoms with van der Waals surface area (Å²) < 4.78 is 33.3. The highest BCUT2D eigenvalue weighted by molar-refractivity contribution is 7.90. The first-order valence-corrected chi connectivity index (χ1v) is 11.9. The average Bonchev–Trinajstić information content (AvgIpc) is 2.89. The fourth-order valence-electron chi connectivity index (χ4n) is 4.56. The molecule has 10 heteroatoms. The monoisotopic (exact) mass is 452 g/mol. The highest BCUT2D eigenvalue weighted by atomic mass is 32.2. The highest BCUT2D eigenvalue weighted by Gasteiger charge is 2.52. The second kappa shape index (κ2) is 7.13. The molecule has 3 aromatic rings. The zero-order valence-electron chi connectivity index (χ0n) is 18.1. The quantitative estimate of drug-likeness (QED) is 0.629. The Hall–Kier alpha value is -3.27. The summed E-state index contributed by atoms with van der Waals surface area (Å²) in [7, 11) is -2.24. The van der Waals surface area contributed by atoms with Crippen molar-refractivity contribution in [1.82, 2.24) is 19.3 Å². The molecule has 1 aromatic carbocycles. The van der Waals surface area contributed by atoms with Crippen LogP contribution in [0.2, 0.25) is 0 Å². The van der Waals surface area contributed by atoms with Crippen molar-refractivity contribution in [3.05, 3.63) is 59.2 Å². The van der Waals surface area contributed by atoms with Crippen molar-refractivity contribution in [3.63, 3.8) is 0 Å². The number of benzene rings is 1. The van der Waals surface area contributed by atoms with E-state index in [2.05, 4.69) is 19.9 Å². The van der Waals surface area contributed by atoms with Crippen molar-refractivity contribution in [2.24, 2.45) is 10.7 Å². The van der Waals surface area contributed by atoms with Gasteiger partial charge in [0.15, 0.2) is 0 Å². The first kappa shape index (κ1) is 20.6. The minimum Gasteiger partial charge on any atom is -0.493 e. The molecule has 9 nitrogen and oxygen atoms in total. The van der Waals surface area contributed by atoms with E-state index in [-0.39, 0.29) is 12.6 Å². The van der Waals surface area contributed by atoms with Gasteiger partial charge in [-0.3, -0.25) is 9.97 Å². The summed E-state index contributed by atoms with van der Waals surface area (Å²) in [6.45, 7) is 4.00. The van der Waals surface area contributed by atoms with Gasteiger partial charge in [-0.2, -0.15) is 0 Å². The van der Waals surface area contributed by atoms with E-state index in [0.717, 1.165) is 32.3 Å². The number of guanidine groups is 1. The Balaban J connectivity index is 1.62. The molecule has 0 aliphatic carbocycles. The molecule has 0 saturated carbocycles. The maximum atomic E-state index is 13.2. The summed E-state index contributed by atoms with van der Waals surface area (Å²) in [5.74, 6) is 0.597. The zero-order chi connectivity index (χ0) is 22.7. The predicted molar refractivity (Wildman–Crippen MR) is 121 cm³/mol. The van der Waals surface area contributed by atoms with Gasteiger partial charge >= 0.3 is 0 Å². The Bertz CT molecular complexity index is 1370. The van der Waals surface area contributed by atoms with Crippen LogP contribution in [0.1, 0.15) is 35.9 Å². The molecule has 0 spiro atoms. The van der Waals surface area contributed by atoms with Crippen molar-refractivity contribution in [1.29, 1.82) is 0 Å². The lowest BCUT2D eigenvalue weighted by molar-refractivity contribution is 0.310. The maximum Gasteiger partial charge on any atom is 0.242 e. The summed E-state index contributed by atoms with van der Waals surface area (Å²) in [4.78, 5) is 18.2. The molecule has 166 valence electrons. The Labute approximate surface area is 186 Å². The molecule has 2 aliphatic rings. The number of pyridine rings is 1. The van der Waals surface area contributed by atoms with Gasteiger partial charge in [0.1, 0.15) is 22.1 Å². The van der Waals surface area contributed by atoms with Crippen LogP contribution in [0.15, 0.2) is 41.7 Å². The molecule has 2 aromatic heterocycles. The van der Waals surface area contributed by atoms with Gasteiger partial charge in [-0.15, -0.1) is 0 Å². The lowest BCUT2D eigenvalue weighted by Crippen LogP contribution is -2.56. The van der Waals surface area contributed by atoms with Crippen LogP contribution in [0.4, 0.5) is 0 Å². The van der Waals surface area contributed by atoms with Crippen LogP contribution in [-0.2, 0) is 22.0 Å². The maximum absolute atomic E-state index is 13.2. The fourth-order valence-corrected chi connectivity index (χ4v) is 6.39. The molecule has 32 heavy (non-hydrogen) atoms. The van der Waals surface area contributed by atoms with Crippen LogP contribution in [0, 0.1) is 6.92 Å². The van der Waals surface area contributed by atoms with Crippen LogP contribution in [0.25, 0.3) is 11.0 Å². The molecule has 5 rings (SSSR count). The largest absolute Gasteiger partial charge is 0.493 e. The third-order valence-corrected chi connectivity index (χ3v) is 8.66. The molecular formula is C22H24N6O3S. The molecule has 0 bridgehead atoms. The smallest absolute Gasteiger partial charge is 0.242 e.